The van der Waals surface area contributed by atoms with Crippen LogP contribution in [0.15, 0.2) is 53.9 Å². The fraction of sp³-hybridized carbons (Fsp3) is 0.304. The minimum atomic E-state index is 0.0772. The second-order valence-electron chi connectivity index (χ2n) is 7.15. The van der Waals surface area contributed by atoms with Crippen LogP contribution in [0.5, 0.6) is 11.5 Å². The van der Waals surface area contributed by atoms with E-state index in [1.807, 2.05) is 53.4 Å². The van der Waals surface area contributed by atoms with E-state index >= 15 is 0 Å². The van der Waals surface area contributed by atoms with Gasteiger partial charge in [-0.25, -0.2) is 4.98 Å². The van der Waals surface area contributed by atoms with Gasteiger partial charge in [-0.05, 0) is 48.5 Å². The molecule has 7 heteroatoms. The maximum absolute atomic E-state index is 12.7. The minimum absolute atomic E-state index is 0.0772. The molecule has 1 saturated heterocycles. The molecule has 0 radical (unpaired) electrons. The van der Waals surface area contributed by atoms with Crippen LogP contribution in [0.1, 0.15) is 15.4 Å². The number of thiazole rings is 1. The average Bonchev–Trinajstić information content (AvgIpc) is 3.27. The van der Waals surface area contributed by atoms with E-state index in [1.165, 1.54) is 0 Å². The first-order valence-corrected chi connectivity index (χ1v) is 10.8. The van der Waals surface area contributed by atoms with E-state index in [-0.39, 0.29) is 5.91 Å². The molecule has 0 N–H and O–H groups in total. The van der Waals surface area contributed by atoms with Crippen LogP contribution in [-0.4, -0.2) is 61.1 Å². The van der Waals surface area contributed by atoms with E-state index in [0.717, 1.165) is 60.5 Å². The van der Waals surface area contributed by atoms with Crippen LogP contribution in [0.4, 0.5) is 0 Å². The highest BCUT2D eigenvalue weighted by Crippen LogP contribution is 2.25. The van der Waals surface area contributed by atoms with Gasteiger partial charge in [-0.3, -0.25) is 9.69 Å². The minimum Gasteiger partial charge on any atom is -0.497 e. The quantitative estimate of drug-likeness (QED) is 0.604. The lowest BCUT2D eigenvalue weighted by Gasteiger charge is -2.34. The molecule has 1 aromatic heterocycles. The molecule has 1 amide bonds. The first-order valence-electron chi connectivity index (χ1n) is 9.91. The van der Waals surface area contributed by atoms with Crippen LogP contribution in [0.25, 0.3) is 11.3 Å². The van der Waals surface area contributed by atoms with Crippen molar-refractivity contribution in [1.82, 2.24) is 14.8 Å². The van der Waals surface area contributed by atoms with Crippen molar-refractivity contribution in [2.75, 3.05) is 40.4 Å². The fourth-order valence-corrected chi connectivity index (χ4v) is 4.34. The van der Waals surface area contributed by atoms with Gasteiger partial charge >= 0.3 is 0 Å². The molecule has 4 rings (SSSR count). The van der Waals surface area contributed by atoms with Crippen LogP contribution in [0, 0.1) is 0 Å². The van der Waals surface area contributed by atoms with Crippen molar-refractivity contribution in [2.45, 2.75) is 6.54 Å². The molecular formula is C23H25N3O3S. The summed E-state index contributed by atoms with van der Waals surface area (Å²) in [4.78, 5) is 21.8. The molecule has 1 aliphatic heterocycles. The largest absolute Gasteiger partial charge is 0.497 e. The SMILES string of the molecule is COc1ccc(C(=O)N2CCN(Cc3nc(-c4ccc(OC)cc4)cs3)CC2)cc1. The Bertz CT molecular complexity index is 978. The molecule has 0 bridgehead atoms. The highest BCUT2D eigenvalue weighted by Gasteiger charge is 2.23. The topological polar surface area (TPSA) is 54.9 Å². The van der Waals surface area contributed by atoms with Crippen LogP contribution in [0.3, 0.4) is 0 Å². The summed E-state index contributed by atoms with van der Waals surface area (Å²) in [6.45, 7) is 3.95. The molecule has 2 aromatic carbocycles. The molecule has 1 fully saturated rings. The van der Waals surface area contributed by atoms with Gasteiger partial charge in [-0.15, -0.1) is 11.3 Å². The Morgan fingerprint density at radius 3 is 2.13 bits per heavy atom. The molecule has 0 unspecified atom stereocenters. The number of piperazine rings is 1. The third-order valence-electron chi connectivity index (χ3n) is 5.29. The van der Waals surface area contributed by atoms with Crippen molar-refractivity contribution >= 4 is 17.2 Å². The zero-order valence-electron chi connectivity index (χ0n) is 17.2. The maximum Gasteiger partial charge on any atom is 0.253 e. The molecular weight excluding hydrogens is 398 g/mol. The van der Waals surface area contributed by atoms with E-state index < -0.39 is 0 Å². The van der Waals surface area contributed by atoms with Gasteiger partial charge in [-0.1, -0.05) is 0 Å². The van der Waals surface area contributed by atoms with Crippen LogP contribution in [-0.2, 0) is 6.54 Å². The molecule has 6 nitrogen and oxygen atoms in total. The Morgan fingerprint density at radius 1 is 0.933 bits per heavy atom. The summed E-state index contributed by atoms with van der Waals surface area (Å²) in [7, 11) is 3.29. The fourth-order valence-electron chi connectivity index (χ4n) is 3.49. The summed E-state index contributed by atoms with van der Waals surface area (Å²) in [5.41, 5.74) is 2.78. The van der Waals surface area contributed by atoms with Gasteiger partial charge in [0.2, 0.25) is 0 Å². The van der Waals surface area contributed by atoms with Gasteiger partial charge in [0, 0.05) is 42.7 Å². The van der Waals surface area contributed by atoms with Gasteiger partial charge < -0.3 is 14.4 Å². The highest BCUT2D eigenvalue weighted by atomic mass is 32.1. The van der Waals surface area contributed by atoms with Crippen LogP contribution in [0.2, 0.25) is 0 Å². The number of benzene rings is 2. The van der Waals surface area contributed by atoms with E-state index in [0.29, 0.717) is 5.56 Å². The van der Waals surface area contributed by atoms with Crippen LogP contribution >= 0.6 is 11.3 Å². The number of aromatic nitrogens is 1. The predicted octanol–water partition coefficient (Wildman–Crippen LogP) is 3.79. The Labute approximate surface area is 180 Å². The van der Waals surface area contributed by atoms with Crippen molar-refractivity contribution in [1.29, 1.82) is 0 Å². The number of carbonyl (C=O) groups excluding carboxylic acids is 1. The zero-order chi connectivity index (χ0) is 20.9. The first-order chi connectivity index (χ1) is 14.7. The Hall–Kier alpha value is -2.90. The van der Waals surface area contributed by atoms with Crippen molar-refractivity contribution in [3.63, 3.8) is 0 Å². The maximum atomic E-state index is 12.7. The molecule has 1 aliphatic rings. The second kappa shape index (κ2) is 9.28. The molecule has 30 heavy (non-hydrogen) atoms. The summed E-state index contributed by atoms with van der Waals surface area (Å²) in [6.07, 6.45) is 0. The Kier molecular flexibility index (Phi) is 6.30. The number of carbonyl (C=O) groups is 1. The van der Waals surface area contributed by atoms with Gasteiger partial charge in [0.25, 0.3) is 5.91 Å². The molecule has 156 valence electrons. The Balaban J connectivity index is 1.31. The van der Waals surface area contributed by atoms with Crippen molar-refractivity contribution in [3.05, 3.63) is 64.5 Å². The number of nitrogens with zero attached hydrogens (tertiary/aromatic N) is 3. The number of hydrogen-bond acceptors (Lipinski definition) is 6. The standard InChI is InChI=1S/C23H25N3O3S/c1-28-19-7-3-17(4-8-19)21-16-30-22(24-21)15-25-11-13-26(14-12-25)23(27)18-5-9-20(29-2)10-6-18/h3-10,16H,11-15H2,1-2H3. The Morgan fingerprint density at radius 2 is 1.53 bits per heavy atom. The van der Waals surface area contributed by atoms with Gasteiger partial charge in [0.05, 0.1) is 26.5 Å². The van der Waals surface area contributed by atoms with E-state index in [9.17, 15) is 4.79 Å². The smallest absolute Gasteiger partial charge is 0.253 e. The van der Waals surface area contributed by atoms with Crippen molar-refractivity contribution in [2.24, 2.45) is 0 Å². The second-order valence-corrected chi connectivity index (χ2v) is 8.09. The molecule has 3 aromatic rings. The van der Waals surface area contributed by atoms with Gasteiger partial charge in [0.1, 0.15) is 16.5 Å². The summed E-state index contributed by atoms with van der Waals surface area (Å²) >= 11 is 1.68. The van der Waals surface area contributed by atoms with Crippen molar-refractivity contribution < 1.29 is 14.3 Å². The normalized spacial score (nSPS) is 14.5. The lowest BCUT2D eigenvalue weighted by molar-refractivity contribution is 0.0628. The summed E-state index contributed by atoms with van der Waals surface area (Å²) in [6, 6.07) is 15.3. The third-order valence-corrected chi connectivity index (χ3v) is 6.13. The first kappa shape index (κ1) is 20.4. The third kappa shape index (κ3) is 4.63. The zero-order valence-corrected chi connectivity index (χ0v) is 18.0. The average molecular weight is 424 g/mol. The number of rotatable bonds is 6. The number of amides is 1. The monoisotopic (exact) mass is 423 g/mol. The summed E-state index contributed by atoms with van der Waals surface area (Å²) in [5, 5.41) is 3.19. The molecule has 0 aliphatic carbocycles. The summed E-state index contributed by atoms with van der Waals surface area (Å²) in [5.74, 6) is 1.68. The lowest BCUT2D eigenvalue weighted by Crippen LogP contribution is -2.48. The van der Waals surface area contributed by atoms with E-state index in [1.54, 1.807) is 25.6 Å². The van der Waals surface area contributed by atoms with E-state index in [2.05, 4.69) is 10.3 Å². The van der Waals surface area contributed by atoms with Crippen LogP contribution < -0.4 is 9.47 Å². The molecule has 0 saturated carbocycles. The predicted molar refractivity (Wildman–Crippen MR) is 118 cm³/mol. The van der Waals surface area contributed by atoms with E-state index in [4.69, 9.17) is 14.5 Å². The number of methoxy groups -OCH3 is 2. The number of ether oxygens (including phenoxy) is 2. The lowest BCUT2D eigenvalue weighted by atomic mass is 10.1. The molecule has 0 spiro atoms. The molecule has 0 atom stereocenters. The van der Waals surface area contributed by atoms with Gasteiger partial charge in [-0.2, -0.15) is 0 Å². The molecule has 2 heterocycles. The highest BCUT2D eigenvalue weighted by molar-refractivity contribution is 7.09. The van der Waals surface area contributed by atoms with Gasteiger partial charge in [0.15, 0.2) is 0 Å². The van der Waals surface area contributed by atoms with Crippen molar-refractivity contribution in [3.8, 4) is 22.8 Å². The number of hydrogen-bond donors (Lipinski definition) is 0. The summed E-state index contributed by atoms with van der Waals surface area (Å²) < 4.78 is 10.4.